The van der Waals surface area contributed by atoms with Gasteiger partial charge < -0.3 is 20.5 Å². The summed E-state index contributed by atoms with van der Waals surface area (Å²) in [5.41, 5.74) is 1.01. The molecule has 3 aromatic carbocycles. The molecule has 6 heteroatoms. The number of carbonyl (C=O) groups is 2. The predicted octanol–water partition coefficient (Wildman–Crippen LogP) is 5.05. The summed E-state index contributed by atoms with van der Waals surface area (Å²) in [6.45, 7) is 1.22. The molecule has 0 spiro atoms. The maximum atomic E-state index is 12.1. The van der Waals surface area contributed by atoms with Gasteiger partial charge in [-0.1, -0.05) is 61.4 Å². The van der Waals surface area contributed by atoms with Crippen LogP contribution in [0.4, 0.5) is 9.59 Å². The molecule has 0 atom stereocenters. The van der Waals surface area contributed by atoms with E-state index in [0.717, 1.165) is 52.8 Å². The summed E-state index contributed by atoms with van der Waals surface area (Å²) in [5, 5.41) is 18.1. The summed E-state index contributed by atoms with van der Waals surface area (Å²) in [4.78, 5) is 22.4. The molecular formula is C23H26N2O4. The van der Waals surface area contributed by atoms with Crippen molar-refractivity contribution in [2.45, 2.75) is 32.3 Å². The lowest BCUT2D eigenvalue weighted by Gasteiger charge is -2.12. The number of ether oxygens (including phenoxy) is 1. The van der Waals surface area contributed by atoms with E-state index in [2.05, 4.69) is 41.0 Å². The monoisotopic (exact) mass is 394 g/mol. The molecule has 0 fully saturated rings. The lowest BCUT2D eigenvalue weighted by atomic mass is 9.97. The highest BCUT2D eigenvalue weighted by molar-refractivity contribution is 6.02. The Bertz CT molecular complexity index is 933. The van der Waals surface area contributed by atoms with Gasteiger partial charge in [0.2, 0.25) is 0 Å². The summed E-state index contributed by atoms with van der Waals surface area (Å²) in [6, 6.07) is 18.4. The van der Waals surface area contributed by atoms with Gasteiger partial charge in [0.1, 0.15) is 6.61 Å². The molecule has 3 aromatic rings. The molecule has 0 saturated heterocycles. The van der Waals surface area contributed by atoms with E-state index in [1.807, 2.05) is 24.3 Å². The normalized spacial score (nSPS) is 10.8. The van der Waals surface area contributed by atoms with Crippen molar-refractivity contribution < 1.29 is 19.4 Å². The van der Waals surface area contributed by atoms with Crippen molar-refractivity contribution in [2.24, 2.45) is 0 Å². The minimum atomic E-state index is -0.992. The number of carbonyl (C=O) groups excluding carboxylic acids is 1. The van der Waals surface area contributed by atoms with Crippen LogP contribution in [0, 0.1) is 0 Å². The fourth-order valence-corrected chi connectivity index (χ4v) is 3.44. The van der Waals surface area contributed by atoms with Crippen LogP contribution in [0.2, 0.25) is 0 Å². The highest BCUT2D eigenvalue weighted by Gasteiger charge is 2.10. The number of fused-ring (bicyclic) bond motifs is 2. The van der Waals surface area contributed by atoms with Gasteiger partial charge in [0.15, 0.2) is 0 Å². The zero-order valence-electron chi connectivity index (χ0n) is 16.3. The van der Waals surface area contributed by atoms with E-state index < -0.39 is 12.2 Å². The standard InChI is InChI=1S/C23H26N2O4/c26-22(27)24-13-7-1-2-8-14-25-23(28)29-16-21-19-11-5-3-9-17(19)15-18-10-4-6-12-20(18)21/h3-6,9-12,15,24H,1-2,7-8,13-14,16H2,(H,25,28)(H,26,27). The number of nitrogens with one attached hydrogen (secondary N) is 2. The molecule has 0 aliphatic carbocycles. The Morgan fingerprint density at radius 2 is 1.34 bits per heavy atom. The van der Waals surface area contributed by atoms with E-state index in [9.17, 15) is 9.59 Å². The first-order chi connectivity index (χ1) is 14.1. The van der Waals surface area contributed by atoms with E-state index in [-0.39, 0.29) is 6.61 Å². The first-order valence-corrected chi connectivity index (χ1v) is 9.92. The molecule has 0 aliphatic heterocycles. The van der Waals surface area contributed by atoms with E-state index in [4.69, 9.17) is 9.84 Å². The summed E-state index contributed by atoms with van der Waals surface area (Å²) in [7, 11) is 0. The van der Waals surface area contributed by atoms with Gasteiger partial charge in [-0.15, -0.1) is 0 Å². The van der Waals surface area contributed by atoms with E-state index in [1.165, 1.54) is 0 Å². The van der Waals surface area contributed by atoms with Crippen LogP contribution in [0.25, 0.3) is 21.5 Å². The van der Waals surface area contributed by atoms with Crippen molar-refractivity contribution in [3.63, 3.8) is 0 Å². The Morgan fingerprint density at radius 3 is 1.93 bits per heavy atom. The zero-order chi connectivity index (χ0) is 20.5. The van der Waals surface area contributed by atoms with Crippen LogP contribution in [0.15, 0.2) is 54.6 Å². The molecule has 0 bridgehead atoms. The number of hydrogen-bond donors (Lipinski definition) is 3. The second kappa shape index (κ2) is 10.3. The van der Waals surface area contributed by atoms with E-state index in [1.54, 1.807) is 0 Å². The number of amides is 2. The Kier molecular flexibility index (Phi) is 7.28. The second-order valence-electron chi connectivity index (χ2n) is 6.95. The Balaban J connectivity index is 1.49. The molecule has 0 radical (unpaired) electrons. The average Bonchev–Trinajstić information content (AvgIpc) is 2.72. The van der Waals surface area contributed by atoms with Crippen molar-refractivity contribution in [2.75, 3.05) is 13.1 Å². The van der Waals surface area contributed by atoms with Gasteiger partial charge in [-0.2, -0.15) is 0 Å². The van der Waals surface area contributed by atoms with Crippen LogP contribution in [0.3, 0.4) is 0 Å². The summed E-state index contributed by atoms with van der Waals surface area (Å²) >= 11 is 0. The minimum Gasteiger partial charge on any atom is -0.465 e. The third-order valence-electron chi connectivity index (χ3n) is 4.88. The second-order valence-corrected chi connectivity index (χ2v) is 6.95. The van der Waals surface area contributed by atoms with Crippen LogP contribution in [0.5, 0.6) is 0 Å². The molecule has 0 saturated carbocycles. The topological polar surface area (TPSA) is 87.7 Å². The molecule has 6 nitrogen and oxygen atoms in total. The molecule has 3 N–H and O–H groups in total. The Labute approximate surface area is 169 Å². The summed E-state index contributed by atoms with van der Waals surface area (Å²) < 4.78 is 5.49. The Hall–Kier alpha value is -3.28. The molecule has 152 valence electrons. The molecule has 0 unspecified atom stereocenters. The zero-order valence-corrected chi connectivity index (χ0v) is 16.3. The molecule has 0 aliphatic rings. The number of hydrogen-bond acceptors (Lipinski definition) is 3. The van der Waals surface area contributed by atoms with Gasteiger partial charge in [0.25, 0.3) is 0 Å². The van der Waals surface area contributed by atoms with Gasteiger partial charge in [-0.3, -0.25) is 0 Å². The van der Waals surface area contributed by atoms with Gasteiger partial charge >= 0.3 is 12.2 Å². The number of unbranched alkanes of at least 4 members (excludes halogenated alkanes) is 3. The van der Waals surface area contributed by atoms with Crippen LogP contribution in [-0.2, 0) is 11.3 Å². The van der Waals surface area contributed by atoms with Crippen molar-refractivity contribution in [3.05, 3.63) is 60.2 Å². The molecule has 29 heavy (non-hydrogen) atoms. The highest BCUT2D eigenvalue weighted by Crippen LogP contribution is 2.29. The molecule has 3 rings (SSSR count). The lowest BCUT2D eigenvalue weighted by molar-refractivity contribution is 0.140. The number of carboxylic acid groups (broad SMARTS) is 1. The average molecular weight is 394 g/mol. The van der Waals surface area contributed by atoms with Crippen LogP contribution < -0.4 is 10.6 Å². The number of alkyl carbamates (subject to hydrolysis) is 1. The quantitative estimate of drug-likeness (QED) is 0.350. The summed E-state index contributed by atoms with van der Waals surface area (Å²) in [5.74, 6) is 0. The number of rotatable bonds is 9. The summed E-state index contributed by atoms with van der Waals surface area (Å²) in [6.07, 6.45) is 2.06. The van der Waals surface area contributed by atoms with E-state index in [0.29, 0.717) is 13.1 Å². The lowest BCUT2D eigenvalue weighted by Crippen LogP contribution is -2.25. The smallest absolute Gasteiger partial charge is 0.407 e. The fraction of sp³-hybridized carbons (Fsp3) is 0.304. The predicted molar refractivity (Wildman–Crippen MR) is 114 cm³/mol. The largest absolute Gasteiger partial charge is 0.465 e. The first kappa shape index (κ1) is 20.5. The minimum absolute atomic E-state index is 0.217. The molecule has 2 amide bonds. The third-order valence-corrected chi connectivity index (χ3v) is 4.88. The van der Waals surface area contributed by atoms with Crippen molar-refractivity contribution >= 4 is 33.7 Å². The van der Waals surface area contributed by atoms with Gasteiger partial charge in [-0.05, 0) is 40.5 Å². The van der Waals surface area contributed by atoms with Gasteiger partial charge in [0, 0.05) is 18.7 Å². The molecule has 0 heterocycles. The van der Waals surface area contributed by atoms with Gasteiger partial charge in [-0.25, -0.2) is 9.59 Å². The van der Waals surface area contributed by atoms with Crippen LogP contribution in [-0.4, -0.2) is 30.4 Å². The highest BCUT2D eigenvalue weighted by atomic mass is 16.5. The van der Waals surface area contributed by atoms with Gasteiger partial charge in [0.05, 0.1) is 0 Å². The third kappa shape index (κ3) is 5.85. The molecule has 0 aromatic heterocycles. The SMILES string of the molecule is O=C(O)NCCCCCCNC(=O)OCc1c2ccccc2cc2ccccc12. The Morgan fingerprint density at radius 1 is 0.793 bits per heavy atom. The molecular weight excluding hydrogens is 368 g/mol. The van der Waals surface area contributed by atoms with Crippen molar-refractivity contribution in [1.82, 2.24) is 10.6 Å². The van der Waals surface area contributed by atoms with E-state index >= 15 is 0 Å². The van der Waals surface area contributed by atoms with Crippen molar-refractivity contribution in [3.8, 4) is 0 Å². The first-order valence-electron chi connectivity index (χ1n) is 9.92. The fourth-order valence-electron chi connectivity index (χ4n) is 3.44. The van der Waals surface area contributed by atoms with Crippen LogP contribution in [0.1, 0.15) is 31.2 Å². The maximum Gasteiger partial charge on any atom is 0.407 e. The maximum absolute atomic E-state index is 12.1. The van der Waals surface area contributed by atoms with Crippen LogP contribution >= 0.6 is 0 Å². The number of benzene rings is 3. The van der Waals surface area contributed by atoms with Crippen molar-refractivity contribution in [1.29, 1.82) is 0 Å².